The zero-order valence-electron chi connectivity index (χ0n) is 12.7. The van der Waals surface area contributed by atoms with Crippen LogP contribution in [0.15, 0.2) is 18.2 Å². The number of carboxylic acid groups (broad SMARTS) is 1. The Hall–Kier alpha value is -1.10. The van der Waals surface area contributed by atoms with Crippen molar-refractivity contribution in [1.82, 2.24) is 10.2 Å². The lowest BCUT2D eigenvalue weighted by Crippen LogP contribution is -2.29. The van der Waals surface area contributed by atoms with Crippen molar-refractivity contribution in [3.8, 4) is 0 Å². The summed E-state index contributed by atoms with van der Waals surface area (Å²) in [4.78, 5) is 13.5. The van der Waals surface area contributed by atoms with E-state index in [1.54, 1.807) is 0 Å². The zero-order chi connectivity index (χ0) is 15.5. The molecule has 2 heterocycles. The molecule has 2 unspecified atom stereocenters. The Labute approximate surface area is 136 Å². The highest BCUT2D eigenvalue weighted by Gasteiger charge is 2.30. The minimum atomic E-state index is -0.720. The third-order valence-corrected chi connectivity index (χ3v) is 5.15. The Morgan fingerprint density at radius 3 is 2.73 bits per heavy atom. The van der Waals surface area contributed by atoms with E-state index in [4.69, 9.17) is 16.7 Å². The molecule has 4 nitrogen and oxygen atoms in total. The van der Waals surface area contributed by atoms with Gasteiger partial charge in [-0.1, -0.05) is 30.2 Å². The van der Waals surface area contributed by atoms with Gasteiger partial charge in [0, 0.05) is 24.2 Å². The van der Waals surface area contributed by atoms with Gasteiger partial charge in [0.15, 0.2) is 0 Å². The van der Waals surface area contributed by atoms with E-state index in [1.807, 2.05) is 6.07 Å². The molecule has 22 heavy (non-hydrogen) atoms. The number of halogens is 1. The summed E-state index contributed by atoms with van der Waals surface area (Å²) in [6.45, 7) is 3.76. The van der Waals surface area contributed by atoms with Crippen molar-refractivity contribution in [3.05, 3.63) is 34.3 Å². The second kappa shape index (κ2) is 6.99. The number of nitrogens with one attached hydrogen (secondary N) is 1. The fraction of sp³-hybridized carbons (Fsp3) is 0.588. The highest BCUT2D eigenvalue weighted by atomic mass is 35.5. The number of aliphatic carboxylic acids is 1. The van der Waals surface area contributed by atoms with Gasteiger partial charge in [0.25, 0.3) is 0 Å². The molecule has 0 radical (unpaired) electrons. The van der Waals surface area contributed by atoms with E-state index < -0.39 is 5.97 Å². The number of nitrogens with zero attached hydrogens (tertiary/aromatic N) is 1. The molecule has 3 rings (SSSR count). The Bertz CT molecular complexity index is 543. The molecule has 1 aromatic carbocycles. The SMILES string of the molecule is O=C(O)C1CNC(c2ccc(CN3CCCCC3)c(Cl)c2)C1. The van der Waals surface area contributed by atoms with E-state index in [0.717, 1.165) is 30.2 Å². The lowest BCUT2D eigenvalue weighted by atomic mass is 9.99. The summed E-state index contributed by atoms with van der Waals surface area (Å²) in [5.74, 6) is -1.01. The monoisotopic (exact) mass is 322 g/mol. The van der Waals surface area contributed by atoms with Crippen LogP contribution < -0.4 is 5.32 Å². The minimum absolute atomic E-state index is 0.0997. The molecule has 2 aliphatic rings. The van der Waals surface area contributed by atoms with Gasteiger partial charge in [-0.3, -0.25) is 9.69 Å². The molecule has 0 spiro atoms. The Kier molecular flexibility index (Phi) is 5.01. The summed E-state index contributed by atoms with van der Waals surface area (Å²) < 4.78 is 0. The Morgan fingerprint density at radius 1 is 1.32 bits per heavy atom. The summed E-state index contributed by atoms with van der Waals surface area (Å²) in [5.41, 5.74) is 2.26. The number of hydrogen-bond acceptors (Lipinski definition) is 3. The number of carbonyl (C=O) groups is 1. The van der Waals surface area contributed by atoms with Crippen LogP contribution in [0.1, 0.15) is 42.9 Å². The van der Waals surface area contributed by atoms with Gasteiger partial charge in [0.2, 0.25) is 0 Å². The number of rotatable bonds is 4. The largest absolute Gasteiger partial charge is 0.481 e. The number of hydrogen-bond donors (Lipinski definition) is 2. The van der Waals surface area contributed by atoms with Crippen LogP contribution in [-0.4, -0.2) is 35.6 Å². The predicted octanol–water partition coefficient (Wildman–Crippen LogP) is 3.06. The predicted molar refractivity (Wildman–Crippen MR) is 87.1 cm³/mol. The molecule has 0 amide bonds. The molecular formula is C17H23ClN2O2. The summed E-state index contributed by atoms with van der Waals surface area (Å²) in [5, 5.41) is 13.2. The first-order valence-corrected chi connectivity index (χ1v) is 8.48. The molecule has 0 bridgehead atoms. The third-order valence-electron chi connectivity index (χ3n) is 4.80. The maximum absolute atomic E-state index is 11.0. The summed E-state index contributed by atoms with van der Waals surface area (Å²) in [7, 11) is 0. The first-order valence-electron chi connectivity index (χ1n) is 8.10. The fourth-order valence-electron chi connectivity index (χ4n) is 3.44. The molecule has 5 heteroatoms. The molecule has 2 atom stereocenters. The van der Waals surface area contributed by atoms with Crippen LogP contribution in [0.25, 0.3) is 0 Å². The fourth-order valence-corrected chi connectivity index (χ4v) is 3.69. The Balaban J connectivity index is 1.65. The first-order chi connectivity index (χ1) is 10.6. The van der Waals surface area contributed by atoms with Crippen LogP contribution in [0.4, 0.5) is 0 Å². The van der Waals surface area contributed by atoms with E-state index in [-0.39, 0.29) is 12.0 Å². The molecule has 2 fully saturated rings. The molecule has 0 aliphatic carbocycles. The normalized spacial score (nSPS) is 26.2. The molecule has 0 saturated carbocycles. The van der Waals surface area contributed by atoms with Gasteiger partial charge in [-0.2, -0.15) is 0 Å². The number of likely N-dealkylation sites (tertiary alicyclic amines) is 1. The highest BCUT2D eigenvalue weighted by Crippen LogP contribution is 2.30. The second-order valence-corrected chi connectivity index (χ2v) is 6.83. The molecule has 2 saturated heterocycles. The third kappa shape index (κ3) is 3.62. The molecular weight excluding hydrogens is 300 g/mol. The summed E-state index contributed by atoms with van der Waals surface area (Å²) >= 11 is 6.46. The van der Waals surface area contributed by atoms with Crippen LogP contribution in [-0.2, 0) is 11.3 Å². The lowest BCUT2D eigenvalue weighted by Gasteiger charge is -2.27. The van der Waals surface area contributed by atoms with Crippen molar-refractivity contribution < 1.29 is 9.90 Å². The number of piperidine rings is 1. The van der Waals surface area contributed by atoms with Crippen molar-refractivity contribution in [3.63, 3.8) is 0 Å². The van der Waals surface area contributed by atoms with Crippen molar-refractivity contribution in [1.29, 1.82) is 0 Å². The molecule has 120 valence electrons. The molecule has 2 N–H and O–H groups in total. The van der Waals surface area contributed by atoms with Gasteiger partial charge in [-0.15, -0.1) is 0 Å². The number of benzene rings is 1. The van der Waals surface area contributed by atoms with Crippen molar-refractivity contribution in [2.24, 2.45) is 5.92 Å². The van der Waals surface area contributed by atoms with Gasteiger partial charge < -0.3 is 10.4 Å². The van der Waals surface area contributed by atoms with Crippen LogP contribution in [0.5, 0.6) is 0 Å². The van der Waals surface area contributed by atoms with Crippen molar-refractivity contribution in [2.75, 3.05) is 19.6 Å². The first kappa shape index (κ1) is 15.8. The summed E-state index contributed by atoms with van der Waals surface area (Å²) in [6, 6.07) is 6.29. The number of carboxylic acids is 1. The van der Waals surface area contributed by atoms with E-state index in [9.17, 15) is 4.79 Å². The van der Waals surface area contributed by atoms with E-state index in [0.29, 0.717) is 13.0 Å². The maximum Gasteiger partial charge on any atom is 0.307 e. The van der Waals surface area contributed by atoms with Gasteiger partial charge in [-0.05, 0) is 49.5 Å². The summed E-state index contributed by atoms with van der Waals surface area (Å²) in [6.07, 6.45) is 4.52. The minimum Gasteiger partial charge on any atom is -0.481 e. The van der Waals surface area contributed by atoms with Crippen LogP contribution in [0, 0.1) is 5.92 Å². The van der Waals surface area contributed by atoms with Crippen molar-refractivity contribution >= 4 is 17.6 Å². The van der Waals surface area contributed by atoms with E-state index >= 15 is 0 Å². The Morgan fingerprint density at radius 2 is 2.09 bits per heavy atom. The molecule has 2 aliphatic heterocycles. The maximum atomic E-state index is 11.0. The average molecular weight is 323 g/mol. The molecule has 1 aromatic rings. The van der Waals surface area contributed by atoms with Crippen LogP contribution in [0.2, 0.25) is 5.02 Å². The average Bonchev–Trinajstić information content (AvgIpc) is 3.00. The highest BCUT2D eigenvalue weighted by molar-refractivity contribution is 6.31. The van der Waals surface area contributed by atoms with Gasteiger partial charge in [-0.25, -0.2) is 0 Å². The van der Waals surface area contributed by atoms with Crippen LogP contribution >= 0.6 is 11.6 Å². The molecule has 0 aromatic heterocycles. The quantitative estimate of drug-likeness (QED) is 0.894. The zero-order valence-corrected chi connectivity index (χ0v) is 13.5. The van der Waals surface area contributed by atoms with Crippen molar-refractivity contribution in [2.45, 2.75) is 38.3 Å². The topological polar surface area (TPSA) is 52.6 Å². The standard InChI is InChI=1S/C17H23ClN2O2/c18-15-8-12(16-9-14(10-19-16)17(21)22)4-5-13(15)11-20-6-2-1-3-7-20/h4-5,8,14,16,19H,1-3,6-7,9-11H2,(H,21,22). The van der Waals surface area contributed by atoms with Gasteiger partial charge in [0.1, 0.15) is 0 Å². The smallest absolute Gasteiger partial charge is 0.307 e. The van der Waals surface area contributed by atoms with Gasteiger partial charge in [0.05, 0.1) is 5.92 Å². The van der Waals surface area contributed by atoms with E-state index in [2.05, 4.69) is 22.3 Å². The van der Waals surface area contributed by atoms with Gasteiger partial charge >= 0.3 is 5.97 Å². The van der Waals surface area contributed by atoms with E-state index in [1.165, 1.54) is 24.8 Å². The lowest BCUT2D eigenvalue weighted by molar-refractivity contribution is -0.141. The van der Waals surface area contributed by atoms with Crippen LogP contribution in [0.3, 0.4) is 0 Å². The second-order valence-electron chi connectivity index (χ2n) is 6.42.